The number of furan rings is 1. The predicted molar refractivity (Wildman–Crippen MR) is 78.8 cm³/mol. The largest absolute Gasteiger partial charge is 0.444 e. The van der Waals surface area contributed by atoms with Crippen LogP contribution in [0.25, 0.3) is 0 Å². The molecule has 104 valence electrons. The lowest BCUT2D eigenvalue weighted by Crippen LogP contribution is -2.48. The highest BCUT2D eigenvalue weighted by molar-refractivity contribution is 9.10. The third-order valence-electron chi connectivity index (χ3n) is 3.38. The molecule has 1 amide bonds. The maximum atomic E-state index is 12.2. The third-order valence-corrected chi connectivity index (χ3v) is 3.80. The molecule has 0 bridgehead atoms. The van der Waals surface area contributed by atoms with Gasteiger partial charge in [0.05, 0.1) is 0 Å². The predicted octanol–water partition coefficient (Wildman–Crippen LogP) is 2.40. The second kappa shape index (κ2) is 5.66. The van der Waals surface area contributed by atoms with Gasteiger partial charge in [-0.15, -0.1) is 0 Å². The SMILES string of the molecule is O=C(c1ccc(Br)o1)N1CCN(c2ccncc2)CC1. The fraction of sp³-hybridized carbons (Fsp3) is 0.286. The average molecular weight is 336 g/mol. The van der Waals surface area contributed by atoms with Gasteiger partial charge in [-0.3, -0.25) is 9.78 Å². The molecule has 3 rings (SSSR count). The van der Waals surface area contributed by atoms with E-state index in [0.29, 0.717) is 23.5 Å². The number of halogens is 1. The number of aromatic nitrogens is 1. The van der Waals surface area contributed by atoms with Crippen molar-refractivity contribution in [1.82, 2.24) is 9.88 Å². The summed E-state index contributed by atoms with van der Waals surface area (Å²) >= 11 is 3.21. The Balaban J connectivity index is 1.63. The fourth-order valence-corrected chi connectivity index (χ4v) is 2.61. The van der Waals surface area contributed by atoms with E-state index in [2.05, 4.69) is 25.8 Å². The van der Waals surface area contributed by atoms with Crippen molar-refractivity contribution in [1.29, 1.82) is 0 Å². The van der Waals surface area contributed by atoms with Gasteiger partial charge in [-0.1, -0.05) is 0 Å². The first-order valence-electron chi connectivity index (χ1n) is 6.43. The zero-order chi connectivity index (χ0) is 13.9. The van der Waals surface area contributed by atoms with E-state index in [-0.39, 0.29) is 5.91 Å². The van der Waals surface area contributed by atoms with Crippen LogP contribution < -0.4 is 4.90 Å². The van der Waals surface area contributed by atoms with Gasteiger partial charge in [0.2, 0.25) is 0 Å². The van der Waals surface area contributed by atoms with Crippen molar-refractivity contribution >= 4 is 27.5 Å². The molecule has 0 atom stereocenters. The molecule has 2 aromatic heterocycles. The van der Waals surface area contributed by atoms with E-state index in [0.717, 1.165) is 18.8 Å². The lowest BCUT2D eigenvalue weighted by Gasteiger charge is -2.35. The molecule has 5 nitrogen and oxygen atoms in total. The Kier molecular flexibility index (Phi) is 3.73. The molecular weight excluding hydrogens is 322 g/mol. The van der Waals surface area contributed by atoms with Crippen LogP contribution in [-0.2, 0) is 0 Å². The molecule has 0 radical (unpaired) electrons. The molecule has 1 aliphatic heterocycles. The van der Waals surface area contributed by atoms with Crippen LogP contribution in [0.5, 0.6) is 0 Å². The van der Waals surface area contributed by atoms with E-state index >= 15 is 0 Å². The van der Waals surface area contributed by atoms with E-state index in [9.17, 15) is 4.79 Å². The first-order chi connectivity index (χ1) is 9.74. The number of pyridine rings is 1. The van der Waals surface area contributed by atoms with E-state index in [4.69, 9.17) is 4.42 Å². The Morgan fingerprint density at radius 3 is 2.40 bits per heavy atom. The second-order valence-electron chi connectivity index (χ2n) is 4.59. The lowest BCUT2D eigenvalue weighted by molar-refractivity contribution is 0.0713. The molecule has 0 N–H and O–H groups in total. The summed E-state index contributed by atoms with van der Waals surface area (Å²) < 4.78 is 5.89. The highest BCUT2D eigenvalue weighted by Crippen LogP contribution is 2.18. The van der Waals surface area contributed by atoms with E-state index < -0.39 is 0 Å². The normalized spacial score (nSPS) is 15.4. The minimum Gasteiger partial charge on any atom is -0.444 e. The van der Waals surface area contributed by atoms with Crippen LogP contribution in [0.15, 0.2) is 45.7 Å². The van der Waals surface area contributed by atoms with Crippen molar-refractivity contribution in [3.8, 4) is 0 Å². The number of anilines is 1. The molecular formula is C14H14BrN3O2. The Bertz CT molecular complexity index is 591. The highest BCUT2D eigenvalue weighted by atomic mass is 79.9. The van der Waals surface area contributed by atoms with Crippen molar-refractivity contribution < 1.29 is 9.21 Å². The number of carbonyl (C=O) groups is 1. The molecule has 0 aromatic carbocycles. The number of rotatable bonds is 2. The molecule has 1 aliphatic rings. The molecule has 20 heavy (non-hydrogen) atoms. The minimum atomic E-state index is -0.0509. The van der Waals surface area contributed by atoms with Gasteiger partial charge in [0.25, 0.3) is 5.91 Å². The first-order valence-corrected chi connectivity index (χ1v) is 7.23. The maximum absolute atomic E-state index is 12.2. The zero-order valence-corrected chi connectivity index (χ0v) is 12.4. The Morgan fingerprint density at radius 1 is 1.10 bits per heavy atom. The Labute approximate surface area is 125 Å². The summed E-state index contributed by atoms with van der Waals surface area (Å²) in [6.07, 6.45) is 3.57. The van der Waals surface area contributed by atoms with Gasteiger partial charge < -0.3 is 14.2 Å². The standard InChI is InChI=1S/C14H14BrN3O2/c15-13-2-1-12(20-13)14(19)18-9-7-17(8-10-18)11-3-5-16-6-4-11/h1-6H,7-10H2. The fourth-order valence-electron chi connectivity index (χ4n) is 2.31. The number of hydrogen-bond donors (Lipinski definition) is 0. The Hall–Kier alpha value is -1.82. The average Bonchev–Trinajstić information content (AvgIpc) is 2.94. The number of hydrogen-bond acceptors (Lipinski definition) is 4. The summed E-state index contributed by atoms with van der Waals surface area (Å²) in [6.45, 7) is 3.02. The molecule has 1 saturated heterocycles. The van der Waals surface area contributed by atoms with E-state index in [1.807, 2.05) is 17.0 Å². The van der Waals surface area contributed by atoms with Gasteiger partial charge >= 0.3 is 0 Å². The number of carbonyl (C=O) groups excluding carboxylic acids is 1. The number of amides is 1. The third kappa shape index (κ3) is 2.70. The summed E-state index contributed by atoms with van der Waals surface area (Å²) in [5.74, 6) is 0.333. The molecule has 0 unspecified atom stereocenters. The summed E-state index contributed by atoms with van der Waals surface area (Å²) in [6, 6.07) is 7.41. The van der Waals surface area contributed by atoms with Gasteiger partial charge in [-0.2, -0.15) is 0 Å². The second-order valence-corrected chi connectivity index (χ2v) is 5.37. The summed E-state index contributed by atoms with van der Waals surface area (Å²) in [7, 11) is 0. The molecule has 0 aliphatic carbocycles. The Morgan fingerprint density at radius 2 is 1.80 bits per heavy atom. The number of piperazine rings is 1. The molecule has 3 heterocycles. The van der Waals surface area contributed by atoms with Crippen LogP contribution in [0.1, 0.15) is 10.6 Å². The maximum Gasteiger partial charge on any atom is 0.289 e. The van der Waals surface area contributed by atoms with Gasteiger partial charge in [0.15, 0.2) is 10.4 Å². The smallest absolute Gasteiger partial charge is 0.289 e. The van der Waals surface area contributed by atoms with Crippen LogP contribution in [0.2, 0.25) is 0 Å². The van der Waals surface area contributed by atoms with Crippen LogP contribution in [0.4, 0.5) is 5.69 Å². The van der Waals surface area contributed by atoms with Crippen molar-refractivity contribution in [2.24, 2.45) is 0 Å². The molecule has 1 fully saturated rings. The summed E-state index contributed by atoms with van der Waals surface area (Å²) in [5, 5.41) is 0. The van der Waals surface area contributed by atoms with E-state index in [1.165, 1.54) is 0 Å². The van der Waals surface area contributed by atoms with Crippen molar-refractivity contribution in [2.75, 3.05) is 31.1 Å². The van der Waals surface area contributed by atoms with Crippen LogP contribution in [0.3, 0.4) is 0 Å². The van der Waals surface area contributed by atoms with Gasteiger partial charge in [0.1, 0.15) is 0 Å². The van der Waals surface area contributed by atoms with Crippen molar-refractivity contribution in [2.45, 2.75) is 0 Å². The van der Waals surface area contributed by atoms with Gasteiger partial charge in [-0.25, -0.2) is 0 Å². The first kappa shape index (κ1) is 13.2. The number of nitrogens with zero attached hydrogens (tertiary/aromatic N) is 3. The van der Waals surface area contributed by atoms with Crippen molar-refractivity contribution in [3.63, 3.8) is 0 Å². The highest BCUT2D eigenvalue weighted by Gasteiger charge is 2.24. The van der Waals surface area contributed by atoms with Gasteiger partial charge in [0, 0.05) is 44.3 Å². The van der Waals surface area contributed by atoms with Gasteiger partial charge in [-0.05, 0) is 40.2 Å². The van der Waals surface area contributed by atoms with Crippen LogP contribution >= 0.6 is 15.9 Å². The molecule has 2 aromatic rings. The molecule has 0 saturated carbocycles. The zero-order valence-electron chi connectivity index (χ0n) is 10.8. The summed E-state index contributed by atoms with van der Waals surface area (Å²) in [5.41, 5.74) is 1.15. The molecule has 0 spiro atoms. The summed E-state index contributed by atoms with van der Waals surface area (Å²) in [4.78, 5) is 20.3. The topological polar surface area (TPSA) is 49.6 Å². The van der Waals surface area contributed by atoms with Crippen LogP contribution in [-0.4, -0.2) is 42.0 Å². The van der Waals surface area contributed by atoms with Crippen molar-refractivity contribution in [3.05, 3.63) is 47.1 Å². The minimum absolute atomic E-state index is 0.0509. The van der Waals surface area contributed by atoms with E-state index in [1.54, 1.807) is 24.5 Å². The quantitative estimate of drug-likeness (QED) is 0.845. The lowest BCUT2D eigenvalue weighted by atomic mass is 10.2. The molecule has 6 heteroatoms. The van der Waals surface area contributed by atoms with Crippen LogP contribution in [0, 0.1) is 0 Å². The monoisotopic (exact) mass is 335 g/mol.